The van der Waals surface area contributed by atoms with Gasteiger partial charge in [0.1, 0.15) is 0 Å². The molecule has 0 aliphatic rings. The molecule has 0 fully saturated rings. The summed E-state index contributed by atoms with van der Waals surface area (Å²) >= 11 is 0. The number of carbonyl (C=O) groups is 1. The van der Waals surface area contributed by atoms with Crippen LogP contribution in [0.1, 0.15) is 11.1 Å². The van der Waals surface area contributed by atoms with Gasteiger partial charge in [0.15, 0.2) is 5.78 Å². The maximum absolute atomic E-state index is 10.9. The molecule has 0 atom stereocenters. The minimum absolute atomic E-state index is 0.0792. The van der Waals surface area contributed by atoms with Crippen LogP contribution in [0.25, 0.3) is 6.08 Å². The molecule has 0 saturated heterocycles. The van der Waals surface area contributed by atoms with Crippen LogP contribution in [0.4, 0.5) is 0 Å². The summed E-state index contributed by atoms with van der Waals surface area (Å²) in [5.41, 5.74) is 2.38. The standard InChI is InChI=1S/C14H14O/c1-3-14(15)11-7-6-10-13-9-5-4-8-12(13)2/h3-11H,1H2,2H3. The van der Waals surface area contributed by atoms with Gasteiger partial charge >= 0.3 is 0 Å². The largest absolute Gasteiger partial charge is 0.290 e. The van der Waals surface area contributed by atoms with Crippen LogP contribution >= 0.6 is 0 Å². The predicted octanol–water partition coefficient (Wildman–Crippen LogP) is 3.32. The van der Waals surface area contributed by atoms with Crippen molar-refractivity contribution in [2.24, 2.45) is 0 Å². The molecule has 1 nitrogen and oxygen atoms in total. The van der Waals surface area contributed by atoms with Crippen molar-refractivity contribution in [1.82, 2.24) is 0 Å². The highest BCUT2D eigenvalue weighted by Gasteiger charge is 1.89. The molecule has 0 saturated carbocycles. The molecule has 0 heterocycles. The highest BCUT2D eigenvalue weighted by atomic mass is 16.1. The van der Waals surface area contributed by atoms with Crippen molar-refractivity contribution < 1.29 is 4.79 Å². The van der Waals surface area contributed by atoms with Gasteiger partial charge in [0.2, 0.25) is 0 Å². The summed E-state index contributed by atoms with van der Waals surface area (Å²) in [5, 5.41) is 0. The Bertz CT molecular complexity index is 411. The Hall–Kier alpha value is -1.89. The van der Waals surface area contributed by atoms with E-state index >= 15 is 0 Å². The molecule has 0 aromatic heterocycles. The number of allylic oxidation sites excluding steroid dienone is 4. The van der Waals surface area contributed by atoms with Gasteiger partial charge < -0.3 is 0 Å². The van der Waals surface area contributed by atoms with Gasteiger partial charge in [-0.25, -0.2) is 0 Å². The molecule has 1 aromatic rings. The monoisotopic (exact) mass is 198 g/mol. The SMILES string of the molecule is C=CC(=O)C=CC=Cc1ccccc1C. The molecular formula is C14H14O. The van der Waals surface area contributed by atoms with Crippen LogP contribution < -0.4 is 0 Å². The van der Waals surface area contributed by atoms with E-state index in [1.165, 1.54) is 17.7 Å². The molecule has 0 spiro atoms. The van der Waals surface area contributed by atoms with Gasteiger partial charge in [-0.15, -0.1) is 0 Å². The Balaban J connectivity index is 2.67. The Labute approximate surface area is 90.4 Å². The first-order chi connectivity index (χ1) is 7.24. The zero-order valence-electron chi connectivity index (χ0n) is 8.81. The van der Waals surface area contributed by atoms with E-state index in [-0.39, 0.29) is 5.78 Å². The van der Waals surface area contributed by atoms with Crippen molar-refractivity contribution in [2.45, 2.75) is 6.92 Å². The van der Waals surface area contributed by atoms with E-state index in [9.17, 15) is 4.79 Å². The molecule has 0 amide bonds. The topological polar surface area (TPSA) is 17.1 Å². The fraction of sp³-hybridized carbons (Fsp3) is 0.0714. The minimum Gasteiger partial charge on any atom is -0.290 e. The van der Waals surface area contributed by atoms with Crippen molar-refractivity contribution in [3.8, 4) is 0 Å². The maximum atomic E-state index is 10.9. The van der Waals surface area contributed by atoms with Gasteiger partial charge in [-0.2, -0.15) is 0 Å². The normalized spacial score (nSPS) is 11.0. The number of rotatable bonds is 4. The molecule has 1 aromatic carbocycles. The van der Waals surface area contributed by atoms with Gasteiger partial charge in [0, 0.05) is 0 Å². The average molecular weight is 198 g/mol. The molecule has 1 heteroatoms. The lowest BCUT2D eigenvalue weighted by atomic mass is 10.1. The number of ketones is 1. The first kappa shape index (κ1) is 11.2. The summed E-state index contributed by atoms with van der Waals surface area (Å²) in [6.07, 6.45) is 8.32. The highest BCUT2D eigenvalue weighted by Crippen LogP contribution is 2.08. The molecular weight excluding hydrogens is 184 g/mol. The van der Waals surface area contributed by atoms with Crippen LogP contribution in [0.3, 0.4) is 0 Å². The molecule has 15 heavy (non-hydrogen) atoms. The van der Waals surface area contributed by atoms with E-state index in [0.717, 1.165) is 5.56 Å². The van der Waals surface area contributed by atoms with Crippen molar-refractivity contribution in [3.05, 3.63) is 66.3 Å². The number of benzene rings is 1. The number of hydrogen-bond donors (Lipinski definition) is 0. The molecule has 0 unspecified atom stereocenters. The maximum Gasteiger partial charge on any atom is 0.178 e. The lowest BCUT2D eigenvalue weighted by molar-refractivity contribution is -0.110. The fourth-order valence-corrected chi connectivity index (χ4v) is 1.15. The summed E-state index contributed by atoms with van der Waals surface area (Å²) in [4.78, 5) is 10.9. The molecule has 76 valence electrons. The third kappa shape index (κ3) is 3.77. The van der Waals surface area contributed by atoms with Crippen LogP contribution in [0.2, 0.25) is 0 Å². The quantitative estimate of drug-likeness (QED) is 0.535. The molecule has 0 aliphatic carbocycles. The number of hydrogen-bond acceptors (Lipinski definition) is 1. The van der Waals surface area contributed by atoms with Crippen LogP contribution in [0.5, 0.6) is 0 Å². The number of carbonyl (C=O) groups excluding carboxylic acids is 1. The van der Waals surface area contributed by atoms with E-state index in [4.69, 9.17) is 0 Å². The van der Waals surface area contributed by atoms with Gasteiger partial charge in [-0.05, 0) is 30.2 Å². The Morgan fingerprint density at radius 2 is 2.00 bits per heavy atom. The first-order valence-corrected chi connectivity index (χ1v) is 4.81. The lowest BCUT2D eigenvalue weighted by Crippen LogP contribution is -1.81. The van der Waals surface area contributed by atoms with E-state index < -0.39 is 0 Å². The summed E-state index contributed by atoms with van der Waals surface area (Å²) in [7, 11) is 0. The highest BCUT2D eigenvalue weighted by molar-refractivity contribution is 5.98. The lowest BCUT2D eigenvalue weighted by Gasteiger charge is -1.96. The van der Waals surface area contributed by atoms with Crippen molar-refractivity contribution >= 4 is 11.9 Å². The van der Waals surface area contributed by atoms with Gasteiger partial charge in [0.25, 0.3) is 0 Å². The van der Waals surface area contributed by atoms with E-state index in [0.29, 0.717) is 0 Å². The van der Waals surface area contributed by atoms with E-state index in [1.54, 1.807) is 6.08 Å². The van der Waals surface area contributed by atoms with Gasteiger partial charge in [-0.3, -0.25) is 4.79 Å². The second kappa shape index (κ2) is 5.76. The summed E-state index contributed by atoms with van der Waals surface area (Å²) in [6.45, 7) is 5.44. The molecule has 0 aliphatic heterocycles. The summed E-state index contributed by atoms with van der Waals surface area (Å²) < 4.78 is 0. The third-order valence-corrected chi connectivity index (χ3v) is 2.04. The Morgan fingerprint density at radius 1 is 1.27 bits per heavy atom. The van der Waals surface area contributed by atoms with Crippen molar-refractivity contribution in [2.75, 3.05) is 0 Å². The molecule has 0 radical (unpaired) electrons. The van der Waals surface area contributed by atoms with Crippen LogP contribution in [0.15, 0.2) is 55.1 Å². The van der Waals surface area contributed by atoms with Crippen molar-refractivity contribution in [1.29, 1.82) is 0 Å². The minimum atomic E-state index is -0.0792. The number of aryl methyl sites for hydroxylation is 1. The fourth-order valence-electron chi connectivity index (χ4n) is 1.15. The van der Waals surface area contributed by atoms with E-state index in [2.05, 4.69) is 19.6 Å². The molecule has 0 bridgehead atoms. The molecule has 1 rings (SSSR count). The molecule has 0 N–H and O–H groups in total. The van der Waals surface area contributed by atoms with Gasteiger partial charge in [-0.1, -0.05) is 49.1 Å². The zero-order valence-corrected chi connectivity index (χ0v) is 8.81. The van der Waals surface area contributed by atoms with Crippen molar-refractivity contribution in [3.63, 3.8) is 0 Å². The Morgan fingerprint density at radius 3 is 2.67 bits per heavy atom. The zero-order chi connectivity index (χ0) is 11.1. The van der Waals surface area contributed by atoms with Crippen LogP contribution in [-0.4, -0.2) is 5.78 Å². The second-order valence-electron chi connectivity index (χ2n) is 3.18. The summed E-state index contributed by atoms with van der Waals surface area (Å²) in [6, 6.07) is 8.09. The predicted molar refractivity (Wildman–Crippen MR) is 64.6 cm³/mol. The second-order valence-corrected chi connectivity index (χ2v) is 3.18. The third-order valence-electron chi connectivity index (χ3n) is 2.04. The smallest absolute Gasteiger partial charge is 0.178 e. The van der Waals surface area contributed by atoms with Crippen LogP contribution in [-0.2, 0) is 4.79 Å². The first-order valence-electron chi connectivity index (χ1n) is 4.81. The van der Waals surface area contributed by atoms with E-state index in [1.807, 2.05) is 30.4 Å². The van der Waals surface area contributed by atoms with Crippen LogP contribution in [0, 0.1) is 6.92 Å². The average Bonchev–Trinajstić information content (AvgIpc) is 2.26. The summed E-state index contributed by atoms with van der Waals surface area (Å²) in [5.74, 6) is -0.0792. The Kier molecular flexibility index (Phi) is 4.30. The van der Waals surface area contributed by atoms with Gasteiger partial charge in [0.05, 0.1) is 0 Å².